The summed E-state index contributed by atoms with van der Waals surface area (Å²) in [7, 11) is 0. The van der Waals surface area contributed by atoms with Crippen LogP contribution in [0.1, 0.15) is 55.4 Å². The lowest BCUT2D eigenvalue weighted by atomic mass is 9.81. The first-order valence-electron chi connectivity index (χ1n) is 12.7. The maximum atomic E-state index is 15.5. The van der Waals surface area contributed by atoms with Crippen LogP contribution in [0.5, 0.6) is 10.9 Å². The highest BCUT2D eigenvalue weighted by molar-refractivity contribution is 7.13. The molecule has 12 heteroatoms. The van der Waals surface area contributed by atoms with Crippen molar-refractivity contribution in [2.24, 2.45) is 0 Å². The van der Waals surface area contributed by atoms with Crippen molar-refractivity contribution >= 4 is 17.2 Å². The number of hydrogen-bond donors (Lipinski definition) is 1. The number of aryl methyl sites for hydroxylation is 1. The summed E-state index contributed by atoms with van der Waals surface area (Å²) in [6.07, 6.45) is 6.96. The minimum atomic E-state index is -2.89. The highest BCUT2D eigenvalue weighted by atomic mass is 32.1. The van der Waals surface area contributed by atoms with E-state index in [0.29, 0.717) is 61.8 Å². The maximum Gasteiger partial charge on any atom is 0.278 e. The molecule has 4 rings (SSSR count). The number of nitrogens with zero attached hydrogens (tertiary/aromatic N) is 4. The number of rotatable bonds is 10. The Morgan fingerprint density at radius 1 is 1.22 bits per heavy atom. The molecule has 2 aromatic rings. The Hall–Kier alpha value is -2.47. The van der Waals surface area contributed by atoms with Crippen LogP contribution in [0.2, 0.25) is 0 Å². The van der Waals surface area contributed by atoms with Gasteiger partial charge in [-0.25, -0.2) is 28.1 Å². The summed E-state index contributed by atoms with van der Waals surface area (Å²) in [5.74, 6) is -2.07. The van der Waals surface area contributed by atoms with Crippen LogP contribution in [0.4, 0.5) is 13.2 Å². The van der Waals surface area contributed by atoms with Gasteiger partial charge in [0, 0.05) is 43.9 Å². The molecule has 0 spiro atoms. The number of halogens is 3. The molecule has 2 aromatic heterocycles. The van der Waals surface area contributed by atoms with Crippen LogP contribution >= 0.6 is 11.3 Å². The number of nitrogens with one attached hydrogen (secondary N) is 1. The van der Waals surface area contributed by atoms with Crippen molar-refractivity contribution in [3.8, 4) is 10.9 Å². The molecule has 1 aliphatic heterocycles. The molecule has 0 atom stereocenters. The summed E-state index contributed by atoms with van der Waals surface area (Å²) in [6.45, 7) is 3.97. The Labute approximate surface area is 219 Å². The summed E-state index contributed by atoms with van der Waals surface area (Å²) < 4.78 is 52.2. The van der Waals surface area contributed by atoms with E-state index in [4.69, 9.17) is 9.47 Å². The van der Waals surface area contributed by atoms with Crippen LogP contribution in [0.15, 0.2) is 12.4 Å². The van der Waals surface area contributed by atoms with E-state index in [-0.39, 0.29) is 18.6 Å². The van der Waals surface area contributed by atoms with Crippen LogP contribution in [0, 0.1) is 6.92 Å². The first-order chi connectivity index (χ1) is 17.6. The molecule has 1 saturated carbocycles. The molecule has 0 aromatic carbocycles. The number of hydrogen-bond acceptors (Lipinski definition) is 8. The van der Waals surface area contributed by atoms with Gasteiger partial charge in [-0.1, -0.05) is 11.3 Å². The second-order valence-corrected chi connectivity index (χ2v) is 11.1. The van der Waals surface area contributed by atoms with Crippen molar-refractivity contribution in [3.63, 3.8) is 0 Å². The maximum absolute atomic E-state index is 15.5. The first-order valence-corrected chi connectivity index (χ1v) is 13.5. The average Bonchev–Trinajstić information content (AvgIpc) is 3.15. The van der Waals surface area contributed by atoms with Crippen LogP contribution < -0.4 is 14.8 Å². The lowest BCUT2D eigenvalue weighted by Crippen LogP contribution is -2.44. The molecule has 1 aliphatic carbocycles. The quantitative estimate of drug-likeness (QED) is 0.488. The van der Waals surface area contributed by atoms with E-state index in [1.165, 1.54) is 23.7 Å². The second-order valence-electron chi connectivity index (χ2n) is 10.0. The van der Waals surface area contributed by atoms with E-state index in [2.05, 4.69) is 25.2 Å². The van der Waals surface area contributed by atoms with Gasteiger partial charge < -0.3 is 19.7 Å². The van der Waals surface area contributed by atoms with Gasteiger partial charge in [-0.05, 0) is 45.4 Å². The summed E-state index contributed by atoms with van der Waals surface area (Å²) in [5, 5.41) is 3.24. The van der Waals surface area contributed by atoms with Crippen molar-refractivity contribution in [2.45, 2.75) is 76.4 Å². The predicted octanol–water partition coefficient (Wildman–Crippen LogP) is 3.91. The SMILES string of the molecule is Cc1ncc(OCC(=O)NC2CCC(F)(CCN3CCc4nc(OCC(C)(F)F)sc4CC3)CC2)cn1. The third-order valence-corrected chi connectivity index (χ3v) is 7.85. The van der Waals surface area contributed by atoms with Gasteiger partial charge in [-0.2, -0.15) is 0 Å². The van der Waals surface area contributed by atoms with Crippen LogP contribution in [-0.4, -0.2) is 76.2 Å². The van der Waals surface area contributed by atoms with Gasteiger partial charge in [0.05, 0.1) is 18.1 Å². The molecule has 0 unspecified atom stereocenters. The van der Waals surface area contributed by atoms with E-state index in [0.717, 1.165) is 37.0 Å². The number of amides is 1. The number of carbonyl (C=O) groups excluding carboxylic acids is 1. The van der Waals surface area contributed by atoms with Gasteiger partial charge in [-0.3, -0.25) is 4.79 Å². The molecule has 1 fully saturated rings. The zero-order chi connectivity index (χ0) is 26.5. The Bertz CT molecular complexity index is 1010. The van der Waals surface area contributed by atoms with Gasteiger partial charge in [0.1, 0.15) is 11.5 Å². The van der Waals surface area contributed by atoms with E-state index in [1.807, 2.05) is 0 Å². The zero-order valence-electron chi connectivity index (χ0n) is 21.3. The van der Waals surface area contributed by atoms with Gasteiger partial charge in [0.25, 0.3) is 17.0 Å². The number of ether oxygens (including phenoxy) is 2. The lowest BCUT2D eigenvalue weighted by molar-refractivity contribution is -0.124. The monoisotopic (exact) mass is 541 g/mol. The molecule has 0 saturated heterocycles. The van der Waals surface area contributed by atoms with Crippen molar-refractivity contribution < 1.29 is 27.4 Å². The normalized spacial score (nSPS) is 22.7. The molecular weight excluding hydrogens is 507 g/mol. The topological polar surface area (TPSA) is 89.5 Å². The van der Waals surface area contributed by atoms with Gasteiger partial charge >= 0.3 is 0 Å². The third-order valence-electron chi connectivity index (χ3n) is 6.78. The minimum absolute atomic E-state index is 0.0569. The Balaban J connectivity index is 1.15. The molecule has 0 bridgehead atoms. The van der Waals surface area contributed by atoms with E-state index < -0.39 is 18.2 Å². The van der Waals surface area contributed by atoms with Crippen LogP contribution in [-0.2, 0) is 17.6 Å². The summed E-state index contributed by atoms with van der Waals surface area (Å²) >= 11 is 1.33. The Kier molecular flexibility index (Phi) is 8.89. The average molecular weight is 542 g/mol. The fourth-order valence-corrected chi connectivity index (χ4v) is 5.56. The molecule has 2 aliphatic rings. The van der Waals surface area contributed by atoms with Crippen molar-refractivity contribution in [1.82, 2.24) is 25.2 Å². The Morgan fingerprint density at radius 3 is 2.62 bits per heavy atom. The molecule has 1 N–H and O–H groups in total. The number of carbonyl (C=O) groups is 1. The van der Waals surface area contributed by atoms with Crippen molar-refractivity contribution in [3.05, 3.63) is 28.8 Å². The summed E-state index contributed by atoms with van der Waals surface area (Å²) in [5.41, 5.74) is -0.342. The number of aromatic nitrogens is 3. The highest BCUT2D eigenvalue weighted by Crippen LogP contribution is 2.35. The van der Waals surface area contributed by atoms with Crippen LogP contribution in [0.3, 0.4) is 0 Å². The highest BCUT2D eigenvalue weighted by Gasteiger charge is 2.36. The van der Waals surface area contributed by atoms with Gasteiger partial charge in [0.2, 0.25) is 0 Å². The predicted molar refractivity (Wildman–Crippen MR) is 133 cm³/mol. The number of fused-ring (bicyclic) bond motifs is 1. The second kappa shape index (κ2) is 11.9. The van der Waals surface area contributed by atoms with Crippen molar-refractivity contribution in [2.75, 3.05) is 32.8 Å². The molecule has 8 nitrogen and oxygen atoms in total. The number of thiazole rings is 1. The minimum Gasteiger partial charge on any atom is -0.481 e. The zero-order valence-corrected chi connectivity index (χ0v) is 22.1. The standard InChI is InChI=1S/C25H34F3N5O3S/c1-17-29-13-19(14-30-17)35-15-22(34)31-18-3-7-25(28,8-4-18)9-12-33-10-5-20-21(6-11-33)37-23(32-20)36-16-24(2,26)27/h13-14,18H,3-12,15-16H2,1-2H3,(H,31,34). The van der Waals surface area contributed by atoms with E-state index in [1.54, 1.807) is 6.92 Å². The van der Waals surface area contributed by atoms with Crippen molar-refractivity contribution in [1.29, 1.82) is 0 Å². The number of alkyl halides is 3. The first kappa shape index (κ1) is 27.6. The molecule has 1 amide bonds. The smallest absolute Gasteiger partial charge is 0.278 e. The Morgan fingerprint density at radius 2 is 1.92 bits per heavy atom. The van der Waals surface area contributed by atoms with E-state index >= 15 is 4.39 Å². The molecule has 3 heterocycles. The molecular formula is C25H34F3N5O3S. The summed E-state index contributed by atoms with van der Waals surface area (Å²) in [4.78, 5) is 28.0. The summed E-state index contributed by atoms with van der Waals surface area (Å²) in [6, 6.07) is -0.0569. The lowest BCUT2D eigenvalue weighted by Gasteiger charge is -2.35. The largest absolute Gasteiger partial charge is 0.481 e. The van der Waals surface area contributed by atoms with Gasteiger partial charge in [-0.15, -0.1) is 0 Å². The molecule has 204 valence electrons. The third kappa shape index (κ3) is 8.53. The fraction of sp³-hybridized carbons (Fsp3) is 0.680. The molecule has 37 heavy (non-hydrogen) atoms. The molecule has 0 radical (unpaired) electrons. The fourth-order valence-electron chi connectivity index (χ4n) is 4.62. The van der Waals surface area contributed by atoms with Crippen LogP contribution in [0.25, 0.3) is 0 Å². The van der Waals surface area contributed by atoms with Gasteiger partial charge in [0.15, 0.2) is 19.0 Å². The van der Waals surface area contributed by atoms with E-state index in [9.17, 15) is 13.6 Å².